The van der Waals surface area contributed by atoms with E-state index in [0.29, 0.717) is 10.7 Å². The lowest BCUT2D eigenvalue weighted by atomic mass is 9.96. The first-order chi connectivity index (χ1) is 10.2. The number of aromatic nitrogens is 1. The Kier molecular flexibility index (Phi) is 3.16. The lowest BCUT2D eigenvalue weighted by molar-refractivity contribution is 0.0909. The van der Waals surface area contributed by atoms with Crippen LogP contribution in [0, 0.1) is 5.92 Å². The summed E-state index contributed by atoms with van der Waals surface area (Å²) < 4.78 is 1.84. The van der Waals surface area contributed by atoms with Crippen LogP contribution in [0.3, 0.4) is 0 Å². The van der Waals surface area contributed by atoms with Crippen LogP contribution in [0.4, 0.5) is 0 Å². The van der Waals surface area contributed by atoms with E-state index in [1.807, 2.05) is 34.9 Å². The van der Waals surface area contributed by atoms with Gasteiger partial charge in [0.15, 0.2) is 0 Å². The van der Waals surface area contributed by atoms with Crippen LogP contribution in [0.5, 0.6) is 0 Å². The highest BCUT2D eigenvalue weighted by Gasteiger charge is 2.32. The molecule has 2 aliphatic heterocycles. The Hall–Kier alpha value is -1.52. The number of piperidine rings is 1. The minimum Gasteiger partial charge on any atom is -0.348 e. The molecule has 2 saturated heterocycles. The van der Waals surface area contributed by atoms with Gasteiger partial charge in [-0.2, -0.15) is 0 Å². The second-order valence-electron chi connectivity index (χ2n) is 6.19. The number of halogens is 1. The minimum absolute atomic E-state index is 0.00540. The minimum atomic E-state index is -0.00540. The molecular formula is C16H18ClN3O. The van der Waals surface area contributed by atoms with E-state index in [-0.39, 0.29) is 11.9 Å². The van der Waals surface area contributed by atoms with Crippen molar-refractivity contribution < 1.29 is 4.79 Å². The quantitative estimate of drug-likeness (QED) is 0.925. The molecule has 2 aromatic heterocycles. The number of rotatable bonds is 2. The van der Waals surface area contributed by atoms with Gasteiger partial charge in [-0.05, 0) is 49.6 Å². The Morgan fingerprint density at radius 2 is 2.10 bits per heavy atom. The van der Waals surface area contributed by atoms with Gasteiger partial charge in [-0.25, -0.2) is 0 Å². The standard InChI is InChI=1S/C16H18ClN3O/c17-15-4-3-14-2-1-12(9-20(14)15)16(21)18-13-7-11-5-6-19(8-11)10-13/h1-4,9,11,13H,5-8,10H2,(H,18,21). The lowest BCUT2D eigenvalue weighted by Crippen LogP contribution is -2.47. The molecule has 0 saturated carbocycles. The Bertz CT molecular complexity index is 684. The van der Waals surface area contributed by atoms with Crippen LogP contribution < -0.4 is 5.32 Å². The highest BCUT2D eigenvalue weighted by molar-refractivity contribution is 6.30. The van der Waals surface area contributed by atoms with Gasteiger partial charge in [0.1, 0.15) is 5.15 Å². The predicted octanol–water partition coefficient (Wildman–Crippen LogP) is 2.42. The number of carbonyl (C=O) groups excluding carboxylic acids is 1. The van der Waals surface area contributed by atoms with Gasteiger partial charge in [0, 0.05) is 30.8 Å². The number of amides is 1. The summed E-state index contributed by atoms with van der Waals surface area (Å²) in [5, 5.41) is 3.80. The van der Waals surface area contributed by atoms with Crippen LogP contribution in [0.15, 0.2) is 30.5 Å². The number of pyridine rings is 1. The van der Waals surface area contributed by atoms with E-state index in [1.165, 1.54) is 19.5 Å². The highest BCUT2D eigenvalue weighted by Crippen LogP contribution is 2.27. The third kappa shape index (κ3) is 2.43. The average Bonchev–Trinajstić information content (AvgIpc) is 3.02. The number of hydrogen-bond acceptors (Lipinski definition) is 2. The summed E-state index contributed by atoms with van der Waals surface area (Å²) in [4.78, 5) is 14.9. The van der Waals surface area contributed by atoms with E-state index in [0.717, 1.165) is 24.4 Å². The van der Waals surface area contributed by atoms with E-state index < -0.39 is 0 Å². The summed E-state index contributed by atoms with van der Waals surface area (Å²) in [5.41, 5.74) is 1.66. The third-order valence-electron chi connectivity index (χ3n) is 4.67. The number of hydrogen-bond donors (Lipinski definition) is 1. The molecule has 1 amide bonds. The van der Waals surface area contributed by atoms with E-state index in [9.17, 15) is 4.79 Å². The van der Waals surface area contributed by atoms with Gasteiger partial charge >= 0.3 is 0 Å². The maximum Gasteiger partial charge on any atom is 0.253 e. The summed E-state index contributed by atoms with van der Waals surface area (Å²) in [6.45, 7) is 3.37. The highest BCUT2D eigenvalue weighted by atomic mass is 35.5. The van der Waals surface area contributed by atoms with Crippen LogP contribution in [-0.2, 0) is 0 Å². The van der Waals surface area contributed by atoms with Gasteiger partial charge in [0.25, 0.3) is 5.91 Å². The van der Waals surface area contributed by atoms with E-state index in [4.69, 9.17) is 11.6 Å². The van der Waals surface area contributed by atoms with Crippen LogP contribution in [0.25, 0.3) is 5.52 Å². The SMILES string of the molecule is O=C(NC1CC2CCN(C2)C1)c1ccc2ccc(Cl)n2c1. The van der Waals surface area contributed by atoms with Gasteiger partial charge in [-0.1, -0.05) is 11.6 Å². The molecule has 2 aliphatic rings. The largest absolute Gasteiger partial charge is 0.348 e. The van der Waals surface area contributed by atoms with Gasteiger partial charge in [-0.3, -0.25) is 4.79 Å². The van der Waals surface area contributed by atoms with Crippen LogP contribution in [0.2, 0.25) is 5.15 Å². The van der Waals surface area contributed by atoms with Gasteiger partial charge in [0.2, 0.25) is 0 Å². The van der Waals surface area contributed by atoms with Crippen molar-refractivity contribution in [2.75, 3.05) is 19.6 Å². The zero-order valence-corrected chi connectivity index (χ0v) is 12.5. The Balaban J connectivity index is 1.52. The van der Waals surface area contributed by atoms with Gasteiger partial charge in [-0.15, -0.1) is 0 Å². The average molecular weight is 304 g/mol. The molecular weight excluding hydrogens is 286 g/mol. The smallest absolute Gasteiger partial charge is 0.253 e. The molecule has 4 nitrogen and oxygen atoms in total. The van der Waals surface area contributed by atoms with Gasteiger partial charge < -0.3 is 14.6 Å². The molecule has 2 bridgehead atoms. The fourth-order valence-electron chi connectivity index (χ4n) is 3.63. The van der Waals surface area contributed by atoms with Gasteiger partial charge in [0.05, 0.1) is 5.56 Å². The van der Waals surface area contributed by atoms with Crippen LogP contribution in [0.1, 0.15) is 23.2 Å². The first-order valence-corrected chi connectivity index (χ1v) is 7.87. The molecule has 21 heavy (non-hydrogen) atoms. The monoisotopic (exact) mass is 303 g/mol. The predicted molar refractivity (Wildman–Crippen MR) is 82.8 cm³/mol. The van der Waals surface area contributed by atoms with Crippen molar-refractivity contribution in [1.82, 2.24) is 14.6 Å². The molecule has 4 rings (SSSR count). The second kappa shape index (κ2) is 5.04. The molecule has 5 heteroatoms. The van der Waals surface area contributed by atoms with Crippen molar-refractivity contribution in [2.24, 2.45) is 5.92 Å². The summed E-state index contributed by atoms with van der Waals surface area (Å²) >= 11 is 6.11. The van der Waals surface area contributed by atoms with Crippen molar-refractivity contribution >= 4 is 23.0 Å². The molecule has 0 radical (unpaired) electrons. The number of carbonyl (C=O) groups is 1. The Morgan fingerprint density at radius 1 is 1.24 bits per heavy atom. The topological polar surface area (TPSA) is 36.8 Å². The van der Waals surface area contributed by atoms with Crippen LogP contribution >= 0.6 is 11.6 Å². The first kappa shape index (κ1) is 13.2. The molecule has 2 aromatic rings. The molecule has 0 aromatic carbocycles. The first-order valence-electron chi connectivity index (χ1n) is 7.49. The molecule has 3 atom stereocenters. The maximum absolute atomic E-state index is 12.4. The summed E-state index contributed by atoms with van der Waals surface area (Å²) in [5.74, 6) is 0.750. The summed E-state index contributed by atoms with van der Waals surface area (Å²) in [6.07, 6.45) is 4.19. The summed E-state index contributed by atoms with van der Waals surface area (Å²) in [7, 11) is 0. The molecule has 4 heterocycles. The Labute approximate surface area is 128 Å². The van der Waals surface area contributed by atoms with Crippen molar-refractivity contribution in [3.05, 3.63) is 41.2 Å². The molecule has 2 fully saturated rings. The molecule has 3 unspecified atom stereocenters. The van der Waals surface area contributed by atoms with E-state index >= 15 is 0 Å². The maximum atomic E-state index is 12.4. The fraction of sp³-hybridized carbons (Fsp3) is 0.438. The fourth-order valence-corrected chi connectivity index (χ4v) is 3.84. The van der Waals surface area contributed by atoms with E-state index in [2.05, 4.69) is 10.2 Å². The number of nitrogens with one attached hydrogen (secondary N) is 1. The molecule has 0 spiro atoms. The van der Waals surface area contributed by atoms with Crippen molar-refractivity contribution in [3.63, 3.8) is 0 Å². The van der Waals surface area contributed by atoms with Crippen molar-refractivity contribution in [3.8, 4) is 0 Å². The lowest BCUT2D eigenvalue weighted by Gasteiger charge is -2.30. The zero-order valence-electron chi connectivity index (χ0n) is 11.8. The molecule has 110 valence electrons. The van der Waals surface area contributed by atoms with Crippen molar-refractivity contribution in [2.45, 2.75) is 18.9 Å². The van der Waals surface area contributed by atoms with E-state index in [1.54, 1.807) is 0 Å². The zero-order chi connectivity index (χ0) is 14.4. The van der Waals surface area contributed by atoms with Crippen molar-refractivity contribution in [1.29, 1.82) is 0 Å². The molecule has 1 N–H and O–H groups in total. The van der Waals surface area contributed by atoms with Crippen LogP contribution in [-0.4, -0.2) is 40.9 Å². The number of nitrogens with zero attached hydrogens (tertiary/aromatic N) is 2. The summed E-state index contributed by atoms with van der Waals surface area (Å²) in [6, 6.07) is 7.84. The molecule has 0 aliphatic carbocycles. The number of fused-ring (bicyclic) bond motifs is 3. The second-order valence-corrected chi connectivity index (χ2v) is 6.58. The third-order valence-corrected chi connectivity index (χ3v) is 4.97. The normalized spacial score (nSPS) is 28.0. The Morgan fingerprint density at radius 3 is 2.95 bits per heavy atom.